The minimum atomic E-state index is -3.72. The zero-order valence-electron chi connectivity index (χ0n) is 12.3. The highest BCUT2D eigenvalue weighted by molar-refractivity contribution is 9.10. The van der Waals surface area contributed by atoms with Crippen LogP contribution in [0, 0.1) is 18.8 Å². The first-order valence-corrected chi connectivity index (χ1v) is 8.89. The number of halogens is 1. The topological polar surface area (TPSA) is 83.5 Å². The van der Waals surface area contributed by atoms with Gasteiger partial charge in [0.05, 0.1) is 10.8 Å². The molecule has 21 heavy (non-hydrogen) atoms. The molecule has 1 aromatic rings. The first-order valence-electron chi connectivity index (χ1n) is 6.62. The van der Waals surface area contributed by atoms with Crippen molar-refractivity contribution in [3.05, 3.63) is 28.2 Å². The number of benzene rings is 1. The van der Waals surface area contributed by atoms with Gasteiger partial charge in [-0.3, -0.25) is 4.79 Å². The number of carboxylic acids is 1. The van der Waals surface area contributed by atoms with Gasteiger partial charge < -0.3 is 5.11 Å². The first kappa shape index (κ1) is 18.1. The highest BCUT2D eigenvalue weighted by Gasteiger charge is 2.23. The van der Waals surface area contributed by atoms with Crippen molar-refractivity contribution in [3.63, 3.8) is 0 Å². The molecule has 0 fully saturated rings. The molecule has 0 aliphatic heterocycles. The van der Waals surface area contributed by atoms with E-state index in [1.165, 1.54) is 6.07 Å². The van der Waals surface area contributed by atoms with Gasteiger partial charge >= 0.3 is 5.97 Å². The number of nitrogens with one attached hydrogen (secondary N) is 1. The van der Waals surface area contributed by atoms with E-state index in [0.717, 1.165) is 0 Å². The van der Waals surface area contributed by atoms with Gasteiger partial charge in [-0.1, -0.05) is 35.8 Å². The molecule has 0 aromatic heterocycles. The van der Waals surface area contributed by atoms with Crippen LogP contribution in [0.2, 0.25) is 0 Å². The summed E-state index contributed by atoms with van der Waals surface area (Å²) in [6.07, 6.45) is 0.426. The summed E-state index contributed by atoms with van der Waals surface area (Å²) in [5.74, 6) is -1.53. The Morgan fingerprint density at radius 3 is 2.52 bits per heavy atom. The van der Waals surface area contributed by atoms with Crippen LogP contribution in [0.4, 0.5) is 0 Å². The van der Waals surface area contributed by atoms with Crippen LogP contribution in [-0.2, 0) is 14.8 Å². The van der Waals surface area contributed by atoms with Crippen molar-refractivity contribution in [1.82, 2.24) is 4.72 Å². The van der Waals surface area contributed by atoms with Crippen molar-refractivity contribution in [2.75, 3.05) is 6.54 Å². The summed E-state index contributed by atoms with van der Waals surface area (Å²) in [5, 5.41) is 9.15. The van der Waals surface area contributed by atoms with E-state index in [1.807, 2.05) is 13.8 Å². The number of rotatable bonds is 7. The summed E-state index contributed by atoms with van der Waals surface area (Å²) in [4.78, 5) is 11.3. The molecular weight excluding hydrogens is 358 g/mol. The van der Waals surface area contributed by atoms with Crippen LogP contribution in [0.5, 0.6) is 0 Å². The lowest BCUT2D eigenvalue weighted by Gasteiger charge is -2.16. The maximum absolute atomic E-state index is 12.3. The fraction of sp³-hybridized carbons (Fsp3) is 0.500. The normalized spacial score (nSPS) is 13.4. The minimum Gasteiger partial charge on any atom is -0.481 e. The van der Waals surface area contributed by atoms with Crippen molar-refractivity contribution in [1.29, 1.82) is 0 Å². The summed E-state index contributed by atoms with van der Waals surface area (Å²) in [5.41, 5.74) is 0.612. The van der Waals surface area contributed by atoms with Gasteiger partial charge in [0.15, 0.2) is 0 Å². The van der Waals surface area contributed by atoms with Gasteiger partial charge in [-0.05, 0) is 37.0 Å². The van der Waals surface area contributed by atoms with Crippen LogP contribution >= 0.6 is 15.9 Å². The van der Waals surface area contributed by atoms with E-state index in [1.54, 1.807) is 19.1 Å². The molecule has 2 N–H and O–H groups in total. The molecule has 0 heterocycles. The SMILES string of the molecule is Cc1ccc(Br)cc1S(=O)(=O)NCC(CC(C)C)C(=O)O. The zero-order chi connectivity index (χ0) is 16.2. The molecule has 1 aromatic carbocycles. The van der Waals surface area contributed by atoms with Crippen LogP contribution < -0.4 is 4.72 Å². The molecule has 1 rings (SSSR count). The maximum Gasteiger partial charge on any atom is 0.307 e. The lowest BCUT2D eigenvalue weighted by atomic mass is 9.98. The zero-order valence-corrected chi connectivity index (χ0v) is 14.7. The second-order valence-corrected chi connectivity index (χ2v) is 8.08. The van der Waals surface area contributed by atoms with Crippen LogP contribution in [0.15, 0.2) is 27.6 Å². The van der Waals surface area contributed by atoms with Crippen molar-refractivity contribution in [2.24, 2.45) is 11.8 Å². The quantitative estimate of drug-likeness (QED) is 0.764. The molecule has 0 bridgehead atoms. The van der Waals surface area contributed by atoms with E-state index < -0.39 is 21.9 Å². The molecule has 0 aliphatic rings. The summed E-state index contributed by atoms with van der Waals surface area (Å²) >= 11 is 3.24. The minimum absolute atomic E-state index is 0.109. The Morgan fingerprint density at radius 2 is 2.00 bits per heavy atom. The molecule has 0 saturated carbocycles. The molecular formula is C14H20BrNO4S. The third-order valence-corrected chi connectivity index (χ3v) is 5.12. The fourth-order valence-corrected chi connectivity index (χ4v) is 3.85. The monoisotopic (exact) mass is 377 g/mol. The molecule has 0 spiro atoms. The van der Waals surface area contributed by atoms with Crippen LogP contribution in [0.1, 0.15) is 25.8 Å². The standard InChI is InChI=1S/C14H20BrNO4S/c1-9(2)6-11(14(17)18)8-16-21(19,20)13-7-12(15)5-4-10(13)3/h4-5,7,9,11,16H,6,8H2,1-3H3,(H,17,18). The largest absolute Gasteiger partial charge is 0.481 e. The average Bonchev–Trinajstić information content (AvgIpc) is 2.36. The second kappa shape index (κ2) is 7.38. The number of aryl methyl sites for hydroxylation is 1. The maximum atomic E-state index is 12.3. The molecule has 0 saturated heterocycles. The number of carboxylic acid groups (broad SMARTS) is 1. The highest BCUT2D eigenvalue weighted by Crippen LogP contribution is 2.21. The lowest BCUT2D eigenvalue weighted by Crippen LogP contribution is -2.34. The Labute approximate surface area is 133 Å². The van der Waals surface area contributed by atoms with Gasteiger partial charge in [0.2, 0.25) is 10.0 Å². The first-order chi connectivity index (χ1) is 9.63. The Kier molecular flexibility index (Phi) is 6.37. The molecule has 118 valence electrons. The van der Waals surface area contributed by atoms with Crippen LogP contribution in [0.3, 0.4) is 0 Å². The fourth-order valence-electron chi connectivity index (χ4n) is 1.99. The van der Waals surface area contributed by atoms with Gasteiger partial charge in [0, 0.05) is 11.0 Å². The Bertz CT molecular complexity index is 613. The lowest BCUT2D eigenvalue weighted by molar-refractivity contribution is -0.142. The molecule has 0 amide bonds. The smallest absolute Gasteiger partial charge is 0.307 e. The predicted octanol–water partition coefficient (Wildman–Crippen LogP) is 2.78. The molecule has 7 heteroatoms. The Hall–Kier alpha value is -0.920. The molecule has 1 atom stereocenters. The molecule has 1 unspecified atom stereocenters. The van der Waals surface area contributed by atoms with Gasteiger partial charge in [0.1, 0.15) is 0 Å². The molecule has 0 radical (unpaired) electrons. The van der Waals surface area contributed by atoms with E-state index >= 15 is 0 Å². The summed E-state index contributed by atoms with van der Waals surface area (Å²) in [6, 6.07) is 4.96. The second-order valence-electron chi connectivity index (χ2n) is 5.43. The third kappa shape index (κ3) is 5.41. The Balaban J connectivity index is 2.89. The average molecular weight is 378 g/mol. The van der Waals surface area contributed by atoms with E-state index in [4.69, 9.17) is 5.11 Å². The van der Waals surface area contributed by atoms with Crippen LogP contribution in [-0.4, -0.2) is 26.0 Å². The van der Waals surface area contributed by atoms with Crippen molar-refractivity contribution in [2.45, 2.75) is 32.1 Å². The molecule has 5 nitrogen and oxygen atoms in total. The van der Waals surface area contributed by atoms with E-state index in [2.05, 4.69) is 20.7 Å². The number of aliphatic carboxylic acids is 1. The van der Waals surface area contributed by atoms with Crippen LogP contribution in [0.25, 0.3) is 0 Å². The van der Waals surface area contributed by atoms with E-state index in [0.29, 0.717) is 16.5 Å². The van der Waals surface area contributed by atoms with Gasteiger partial charge in [-0.15, -0.1) is 0 Å². The summed E-state index contributed by atoms with van der Waals surface area (Å²) < 4.78 is 27.6. The third-order valence-electron chi connectivity index (χ3n) is 3.06. The number of hydrogen-bond donors (Lipinski definition) is 2. The van der Waals surface area contributed by atoms with Gasteiger partial charge in [-0.2, -0.15) is 0 Å². The highest BCUT2D eigenvalue weighted by atomic mass is 79.9. The molecule has 0 aliphatic carbocycles. The van der Waals surface area contributed by atoms with E-state index in [-0.39, 0.29) is 17.4 Å². The van der Waals surface area contributed by atoms with Crippen molar-refractivity contribution in [3.8, 4) is 0 Å². The van der Waals surface area contributed by atoms with E-state index in [9.17, 15) is 13.2 Å². The van der Waals surface area contributed by atoms with Crippen molar-refractivity contribution < 1.29 is 18.3 Å². The van der Waals surface area contributed by atoms with Crippen molar-refractivity contribution >= 4 is 31.9 Å². The predicted molar refractivity (Wildman–Crippen MR) is 84.6 cm³/mol. The summed E-state index contributed by atoms with van der Waals surface area (Å²) in [6.45, 7) is 5.40. The Morgan fingerprint density at radius 1 is 1.38 bits per heavy atom. The number of sulfonamides is 1. The summed E-state index contributed by atoms with van der Waals surface area (Å²) in [7, 11) is -3.72. The van der Waals surface area contributed by atoms with Gasteiger partial charge in [-0.25, -0.2) is 13.1 Å². The van der Waals surface area contributed by atoms with Gasteiger partial charge in [0.25, 0.3) is 0 Å². The number of carbonyl (C=O) groups is 1. The number of hydrogen-bond acceptors (Lipinski definition) is 3.